The van der Waals surface area contributed by atoms with Gasteiger partial charge in [-0.2, -0.15) is 5.10 Å². The number of H-pyrrole nitrogens is 1. The molecule has 1 heterocycles. The zero-order valence-electron chi connectivity index (χ0n) is 13.5. The van der Waals surface area contributed by atoms with Crippen LogP contribution in [-0.4, -0.2) is 29.7 Å². The zero-order valence-corrected chi connectivity index (χ0v) is 15.9. The Morgan fingerprint density at radius 2 is 1.92 bits per heavy atom. The molecular formula is C17H14BrN3O4S. The van der Waals surface area contributed by atoms with Gasteiger partial charge >= 0.3 is 5.97 Å². The molecule has 0 fully saturated rings. The summed E-state index contributed by atoms with van der Waals surface area (Å²) in [6.45, 7) is 1.94. The van der Waals surface area contributed by atoms with Crippen LogP contribution in [-0.2, 0) is 10.0 Å². The molecule has 0 saturated heterocycles. The van der Waals surface area contributed by atoms with Crippen molar-refractivity contribution in [2.75, 3.05) is 4.72 Å². The number of nitrogens with one attached hydrogen (secondary N) is 2. The highest BCUT2D eigenvalue weighted by Gasteiger charge is 2.19. The fourth-order valence-corrected chi connectivity index (χ4v) is 3.85. The van der Waals surface area contributed by atoms with Gasteiger partial charge in [0.15, 0.2) is 5.82 Å². The van der Waals surface area contributed by atoms with Gasteiger partial charge in [0.05, 0.1) is 16.2 Å². The molecule has 0 radical (unpaired) electrons. The van der Waals surface area contributed by atoms with Crippen molar-refractivity contribution >= 4 is 37.7 Å². The largest absolute Gasteiger partial charge is 0.478 e. The first-order valence-electron chi connectivity index (χ1n) is 7.45. The molecular weight excluding hydrogens is 422 g/mol. The number of carboxylic acids is 1. The van der Waals surface area contributed by atoms with E-state index in [0.29, 0.717) is 10.2 Å². The van der Waals surface area contributed by atoms with Gasteiger partial charge in [0.2, 0.25) is 0 Å². The number of aromatic carboxylic acids is 1. The van der Waals surface area contributed by atoms with Crippen LogP contribution in [0.5, 0.6) is 0 Å². The van der Waals surface area contributed by atoms with Crippen molar-refractivity contribution in [3.05, 3.63) is 64.1 Å². The molecule has 3 N–H and O–H groups in total. The van der Waals surface area contributed by atoms with E-state index in [1.807, 2.05) is 31.2 Å². The van der Waals surface area contributed by atoms with Gasteiger partial charge in [0, 0.05) is 16.1 Å². The topological polar surface area (TPSA) is 112 Å². The molecule has 0 atom stereocenters. The maximum absolute atomic E-state index is 12.5. The monoisotopic (exact) mass is 435 g/mol. The molecule has 0 amide bonds. The lowest BCUT2D eigenvalue weighted by molar-refractivity contribution is 0.0695. The minimum absolute atomic E-state index is 0.114. The number of carboxylic acid groups (broad SMARTS) is 1. The number of aromatic amines is 1. The molecule has 0 unspecified atom stereocenters. The van der Waals surface area contributed by atoms with Gasteiger partial charge in [-0.05, 0) is 46.6 Å². The van der Waals surface area contributed by atoms with E-state index < -0.39 is 16.0 Å². The first-order valence-corrected chi connectivity index (χ1v) is 9.72. The second-order valence-electron chi connectivity index (χ2n) is 5.53. The van der Waals surface area contributed by atoms with E-state index in [0.717, 1.165) is 17.2 Å². The zero-order chi connectivity index (χ0) is 18.9. The molecule has 1 aromatic heterocycles. The van der Waals surface area contributed by atoms with Crippen LogP contribution in [0.1, 0.15) is 15.9 Å². The molecule has 0 saturated carbocycles. The molecule has 134 valence electrons. The maximum Gasteiger partial charge on any atom is 0.336 e. The maximum atomic E-state index is 12.5. The highest BCUT2D eigenvalue weighted by atomic mass is 79.9. The fourth-order valence-electron chi connectivity index (χ4n) is 2.42. The van der Waals surface area contributed by atoms with Crippen LogP contribution < -0.4 is 4.72 Å². The van der Waals surface area contributed by atoms with Crippen molar-refractivity contribution < 1.29 is 18.3 Å². The van der Waals surface area contributed by atoms with Crippen molar-refractivity contribution in [2.24, 2.45) is 0 Å². The van der Waals surface area contributed by atoms with Gasteiger partial charge in [-0.15, -0.1) is 0 Å². The summed E-state index contributed by atoms with van der Waals surface area (Å²) in [7, 11) is -3.98. The summed E-state index contributed by atoms with van der Waals surface area (Å²) < 4.78 is 27.7. The number of hydrogen-bond donors (Lipinski definition) is 3. The highest BCUT2D eigenvalue weighted by molar-refractivity contribution is 9.10. The lowest BCUT2D eigenvalue weighted by Crippen LogP contribution is -2.14. The van der Waals surface area contributed by atoms with Gasteiger partial charge < -0.3 is 5.11 Å². The van der Waals surface area contributed by atoms with Crippen molar-refractivity contribution in [1.29, 1.82) is 0 Å². The summed E-state index contributed by atoms with van der Waals surface area (Å²) in [6.07, 6.45) is 0. The van der Waals surface area contributed by atoms with Crippen molar-refractivity contribution in [3.63, 3.8) is 0 Å². The standard InChI is InChI=1S/C17H14BrN3O4S/c1-10-4-2-3-5-12(10)15-9-16(20-19-15)21-26(24,25)11-6-7-14(18)13(8-11)17(22)23/h2-9H,1H3,(H,22,23)(H2,19,20,21). The number of rotatable bonds is 5. The number of aromatic nitrogens is 2. The first-order chi connectivity index (χ1) is 12.3. The molecule has 0 aliphatic heterocycles. The van der Waals surface area contributed by atoms with E-state index in [4.69, 9.17) is 5.11 Å². The van der Waals surface area contributed by atoms with E-state index in [1.54, 1.807) is 6.07 Å². The number of nitrogens with zero attached hydrogens (tertiary/aromatic N) is 1. The molecule has 0 aliphatic rings. The molecule has 26 heavy (non-hydrogen) atoms. The molecule has 2 aromatic carbocycles. The molecule has 0 aliphatic carbocycles. The summed E-state index contributed by atoms with van der Waals surface area (Å²) in [6, 6.07) is 13.0. The smallest absolute Gasteiger partial charge is 0.336 e. The summed E-state index contributed by atoms with van der Waals surface area (Å²) in [5, 5.41) is 15.9. The SMILES string of the molecule is Cc1ccccc1-c1cc(NS(=O)(=O)c2ccc(Br)c(C(=O)O)c2)n[nH]1. The van der Waals surface area contributed by atoms with Gasteiger partial charge in [0.25, 0.3) is 10.0 Å². The first kappa shape index (κ1) is 18.2. The minimum atomic E-state index is -3.98. The van der Waals surface area contributed by atoms with Crippen LogP contribution in [0.3, 0.4) is 0 Å². The van der Waals surface area contributed by atoms with Crippen LogP contribution >= 0.6 is 15.9 Å². The van der Waals surface area contributed by atoms with Crippen molar-refractivity contribution in [1.82, 2.24) is 10.2 Å². The summed E-state index contributed by atoms with van der Waals surface area (Å²) >= 11 is 3.09. The second-order valence-corrected chi connectivity index (χ2v) is 8.07. The molecule has 7 nitrogen and oxygen atoms in total. The van der Waals surface area contributed by atoms with Crippen molar-refractivity contribution in [3.8, 4) is 11.3 Å². The number of anilines is 1. The Kier molecular flexibility index (Phi) is 4.84. The van der Waals surface area contributed by atoms with Crippen LogP contribution in [0.15, 0.2) is 57.9 Å². The van der Waals surface area contributed by atoms with E-state index in [1.165, 1.54) is 12.1 Å². The average Bonchev–Trinajstić information content (AvgIpc) is 3.02. The van der Waals surface area contributed by atoms with E-state index in [9.17, 15) is 13.2 Å². The summed E-state index contributed by atoms with van der Waals surface area (Å²) in [4.78, 5) is 11.0. The molecule has 9 heteroatoms. The van der Waals surface area contributed by atoms with Gasteiger partial charge in [-0.25, -0.2) is 13.2 Å². The number of benzene rings is 2. The van der Waals surface area contributed by atoms with Gasteiger partial charge in [0.1, 0.15) is 0 Å². The van der Waals surface area contributed by atoms with E-state index in [-0.39, 0.29) is 16.3 Å². The van der Waals surface area contributed by atoms with Gasteiger partial charge in [-0.3, -0.25) is 9.82 Å². The molecule has 0 spiro atoms. The Morgan fingerprint density at radius 3 is 2.62 bits per heavy atom. The molecule has 0 bridgehead atoms. The lowest BCUT2D eigenvalue weighted by atomic mass is 10.1. The van der Waals surface area contributed by atoms with Crippen molar-refractivity contribution in [2.45, 2.75) is 11.8 Å². The Bertz CT molecular complexity index is 1090. The number of halogens is 1. The predicted octanol–water partition coefficient (Wildman–Crippen LogP) is 3.65. The molecule has 3 aromatic rings. The second kappa shape index (κ2) is 6.93. The minimum Gasteiger partial charge on any atom is -0.478 e. The fraction of sp³-hybridized carbons (Fsp3) is 0.0588. The summed E-state index contributed by atoms with van der Waals surface area (Å²) in [5.74, 6) is -1.11. The van der Waals surface area contributed by atoms with Crippen LogP contribution in [0.2, 0.25) is 0 Å². The van der Waals surface area contributed by atoms with E-state index in [2.05, 4.69) is 30.8 Å². The number of sulfonamides is 1. The van der Waals surface area contributed by atoms with Gasteiger partial charge in [-0.1, -0.05) is 24.3 Å². The predicted molar refractivity (Wildman–Crippen MR) is 101 cm³/mol. The highest BCUT2D eigenvalue weighted by Crippen LogP contribution is 2.25. The summed E-state index contributed by atoms with van der Waals surface area (Å²) in [5.41, 5.74) is 2.45. The Hall–Kier alpha value is -2.65. The third-order valence-corrected chi connectivity index (χ3v) is 5.77. The van der Waals surface area contributed by atoms with Crippen LogP contribution in [0.4, 0.5) is 5.82 Å². The Labute approximate surface area is 158 Å². The third kappa shape index (κ3) is 3.63. The lowest BCUT2D eigenvalue weighted by Gasteiger charge is -2.07. The van der Waals surface area contributed by atoms with E-state index >= 15 is 0 Å². The number of carbonyl (C=O) groups is 1. The van der Waals surface area contributed by atoms with Crippen LogP contribution in [0.25, 0.3) is 11.3 Å². The normalized spacial score (nSPS) is 11.3. The molecule has 3 rings (SSSR count). The third-order valence-electron chi connectivity index (χ3n) is 3.73. The number of hydrogen-bond acceptors (Lipinski definition) is 4. The quantitative estimate of drug-likeness (QED) is 0.565. The Morgan fingerprint density at radius 1 is 1.19 bits per heavy atom. The van der Waals surface area contributed by atoms with Crippen LogP contribution in [0, 0.1) is 6.92 Å². The number of aryl methyl sites for hydroxylation is 1. The Balaban J connectivity index is 1.91. The average molecular weight is 436 g/mol.